The van der Waals surface area contributed by atoms with Crippen molar-refractivity contribution in [1.29, 1.82) is 0 Å². The second-order valence-electron chi connectivity index (χ2n) is 9.53. The average molecular weight is 497 g/mol. The maximum Gasteiger partial charge on any atom is 0.410 e. The Balaban J connectivity index is 1.65. The number of piperidine rings is 1. The molecule has 0 aromatic heterocycles. The summed E-state index contributed by atoms with van der Waals surface area (Å²) in [5.74, 6) is -3.25. The van der Waals surface area contributed by atoms with Crippen molar-refractivity contribution in [2.45, 2.75) is 57.4 Å². The molecule has 0 saturated carbocycles. The Bertz CT molecular complexity index is 1010. The first kappa shape index (κ1) is 26.2. The number of likely N-dealkylation sites (tertiary alicyclic amines) is 1. The van der Waals surface area contributed by atoms with Crippen LogP contribution in [-0.4, -0.2) is 39.1 Å². The molecule has 1 unspecified atom stereocenters. The summed E-state index contributed by atoms with van der Waals surface area (Å²) in [5.41, 5.74) is 0.917. The zero-order valence-corrected chi connectivity index (χ0v) is 20.5. The molecule has 1 saturated heterocycles. The second-order valence-corrected chi connectivity index (χ2v) is 11.5. The lowest BCUT2D eigenvalue weighted by molar-refractivity contribution is 0.0791. The zero-order valence-electron chi connectivity index (χ0n) is 19.7. The average Bonchev–Trinajstić information content (AvgIpc) is 2.80. The molecule has 0 aliphatic carbocycles. The molecule has 1 fully saturated rings. The smallest absolute Gasteiger partial charge is 0.410 e. The molecule has 0 bridgehead atoms. The predicted molar refractivity (Wildman–Crippen MR) is 126 cm³/mol. The normalized spacial score (nSPS) is 16.8. The topological polar surface area (TPSA) is 58.6 Å². The fourth-order valence-electron chi connectivity index (χ4n) is 3.87. The number of carbonyl (C=O) groups excluding carboxylic acids is 1. The van der Waals surface area contributed by atoms with Gasteiger partial charge in [0, 0.05) is 25.2 Å². The summed E-state index contributed by atoms with van der Waals surface area (Å²) >= 11 is 0. The lowest BCUT2D eigenvalue weighted by Crippen LogP contribution is -2.49. The molecule has 186 valence electrons. The molecule has 1 heterocycles. The van der Waals surface area contributed by atoms with Crippen LogP contribution in [-0.2, 0) is 28.8 Å². The summed E-state index contributed by atoms with van der Waals surface area (Å²) in [6.45, 7) is 6.49. The number of amides is 1. The Labute approximate surface area is 201 Å². The van der Waals surface area contributed by atoms with Crippen molar-refractivity contribution in [3.63, 3.8) is 0 Å². The molecular formula is C25H31F3N2O3S. The van der Waals surface area contributed by atoms with Crippen LogP contribution in [0, 0.1) is 23.4 Å². The van der Waals surface area contributed by atoms with Crippen molar-refractivity contribution in [3.05, 3.63) is 71.0 Å². The van der Waals surface area contributed by atoms with Crippen LogP contribution in [0.2, 0.25) is 0 Å². The number of benzene rings is 2. The van der Waals surface area contributed by atoms with Gasteiger partial charge in [-0.1, -0.05) is 30.3 Å². The van der Waals surface area contributed by atoms with Crippen LogP contribution < -0.4 is 4.72 Å². The highest BCUT2D eigenvalue weighted by molar-refractivity contribution is 7.84. The number of nitrogens with zero attached hydrogens (tertiary/aromatic N) is 1. The van der Waals surface area contributed by atoms with Crippen molar-refractivity contribution < 1.29 is 26.9 Å². The molecule has 0 radical (unpaired) electrons. The van der Waals surface area contributed by atoms with Gasteiger partial charge in [-0.2, -0.15) is 0 Å². The molecule has 5 nitrogen and oxygen atoms in total. The van der Waals surface area contributed by atoms with Gasteiger partial charge >= 0.3 is 6.09 Å². The van der Waals surface area contributed by atoms with E-state index in [0.717, 1.165) is 11.6 Å². The lowest BCUT2D eigenvalue weighted by Gasteiger charge is -2.37. The van der Waals surface area contributed by atoms with E-state index < -0.39 is 45.3 Å². The number of hydrogen-bond donors (Lipinski definition) is 1. The molecule has 3 rings (SSSR count). The van der Waals surface area contributed by atoms with Crippen LogP contribution in [0.3, 0.4) is 0 Å². The third-order valence-electron chi connectivity index (χ3n) is 5.92. The van der Waals surface area contributed by atoms with Gasteiger partial charge in [0.05, 0.1) is 15.7 Å². The van der Waals surface area contributed by atoms with Gasteiger partial charge in [0.1, 0.15) is 12.4 Å². The molecule has 2 atom stereocenters. The van der Waals surface area contributed by atoms with Crippen molar-refractivity contribution in [2.24, 2.45) is 5.92 Å². The SMILES string of the molecule is CC(C)(C)S(=O)N[C@@H](Cc1cc(F)c(F)cc1F)C1CCN(C(=O)OCc2ccccc2)CC1. The first-order valence-corrected chi connectivity index (χ1v) is 12.5. The fraction of sp³-hybridized carbons (Fsp3) is 0.480. The first-order chi connectivity index (χ1) is 16.0. The van der Waals surface area contributed by atoms with Gasteiger partial charge in [-0.15, -0.1) is 0 Å². The molecule has 2 aromatic rings. The summed E-state index contributed by atoms with van der Waals surface area (Å²) in [4.78, 5) is 14.1. The van der Waals surface area contributed by atoms with E-state index in [0.29, 0.717) is 32.0 Å². The Hall–Kier alpha value is -2.39. The number of carbonyl (C=O) groups is 1. The van der Waals surface area contributed by atoms with E-state index in [4.69, 9.17) is 4.74 Å². The van der Waals surface area contributed by atoms with Gasteiger partial charge in [0.15, 0.2) is 11.6 Å². The summed E-state index contributed by atoms with van der Waals surface area (Å²) in [5, 5.41) is 0. The van der Waals surface area contributed by atoms with E-state index in [1.165, 1.54) is 0 Å². The Morgan fingerprint density at radius 3 is 2.32 bits per heavy atom. The third-order valence-corrected chi connectivity index (χ3v) is 7.54. The molecule has 2 aromatic carbocycles. The molecule has 1 N–H and O–H groups in total. The lowest BCUT2D eigenvalue weighted by atomic mass is 9.86. The van der Waals surface area contributed by atoms with Crippen molar-refractivity contribution in [3.8, 4) is 0 Å². The molecule has 9 heteroatoms. The van der Waals surface area contributed by atoms with E-state index in [-0.39, 0.29) is 24.5 Å². The van der Waals surface area contributed by atoms with Gasteiger partial charge in [0.25, 0.3) is 0 Å². The number of hydrogen-bond acceptors (Lipinski definition) is 3. The minimum atomic E-state index is -1.45. The predicted octanol–water partition coefficient (Wildman–Crippen LogP) is 5.12. The molecule has 34 heavy (non-hydrogen) atoms. The van der Waals surface area contributed by atoms with Gasteiger partial charge in [0.2, 0.25) is 0 Å². The van der Waals surface area contributed by atoms with Crippen LogP contribution in [0.15, 0.2) is 42.5 Å². The van der Waals surface area contributed by atoms with Crippen molar-refractivity contribution in [1.82, 2.24) is 9.62 Å². The second kappa shape index (κ2) is 11.4. The summed E-state index contributed by atoms with van der Waals surface area (Å²) in [7, 11) is -1.45. The molecule has 1 amide bonds. The van der Waals surface area contributed by atoms with Crippen LogP contribution >= 0.6 is 0 Å². The van der Waals surface area contributed by atoms with Gasteiger partial charge in [-0.3, -0.25) is 0 Å². The van der Waals surface area contributed by atoms with Gasteiger partial charge in [-0.05, 0) is 63.1 Å². The Morgan fingerprint density at radius 1 is 1.09 bits per heavy atom. The number of halogens is 3. The van der Waals surface area contributed by atoms with Gasteiger partial charge in [-0.25, -0.2) is 26.9 Å². The fourth-order valence-corrected chi connectivity index (χ4v) is 4.78. The summed E-state index contributed by atoms with van der Waals surface area (Å²) in [6.07, 6.45) is 0.792. The molecule has 1 aliphatic rings. The Kier molecular flexibility index (Phi) is 8.76. The minimum absolute atomic E-state index is 0.0204. The minimum Gasteiger partial charge on any atom is -0.445 e. The maximum absolute atomic E-state index is 14.3. The van der Waals surface area contributed by atoms with Crippen molar-refractivity contribution in [2.75, 3.05) is 13.1 Å². The molecule has 0 spiro atoms. The highest BCUT2D eigenvalue weighted by atomic mass is 32.2. The quantitative estimate of drug-likeness (QED) is 0.542. The van der Waals surface area contributed by atoms with E-state index in [1.807, 2.05) is 51.1 Å². The number of nitrogens with one attached hydrogen (secondary N) is 1. The summed E-state index contributed by atoms with van der Waals surface area (Å²) in [6, 6.07) is 10.3. The van der Waals surface area contributed by atoms with Crippen LogP contribution in [0.4, 0.5) is 18.0 Å². The zero-order chi connectivity index (χ0) is 24.9. The van der Waals surface area contributed by atoms with Crippen LogP contribution in [0.5, 0.6) is 0 Å². The summed E-state index contributed by atoms with van der Waals surface area (Å²) < 4.78 is 62.2. The first-order valence-electron chi connectivity index (χ1n) is 11.3. The van der Waals surface area contributed by atoms with Crippen molar-refractivity contribution >= 4 is 17.1 Å². The van der Waals surface area contributed by atoms with E-state index in [1.54, 1.807) is 4.90 Å². The van der Waals surface area contributed by atoms with Crippen LogP contribution in [0.25, 0.3) is 0 Å². The monoisotopic (exact) mass is 496 g/mol. The standard InChI is InChI=1S/C25H31F3N2O3S/c1-25(2,3)34(32)29-23(14-19-13-21(27)22(28)15-20(19)26)18-9-11-30(12-10-18)24(31)33-16-17-7-5-4-6-8-17/h4-8,13,15,18,23,29H,9-12,14,16H2,1-3H3/t23-,34?/m0/s1. The van der Waals surface area contributed by atoms with Gasteiger partial charge < -0.3 is 9.64 Å². The Morgan fingerprint density at radius 2 is 1.71 bits per heavy atom. The van der Waals surface area contributed by atoms with E-state index in [2.05, 4.69) is 4.72 Å². The maximum atomic E-state index is 14.3. The largest absolute Gasteiger partial charge is 0.445 e. The highest BCUT2D eigenvalue weighted by Gasteiger charge is 2.33. The van der Waals surface area contributed by atoms with Crippen LogP contribution in [0.1, 0.15) is 44.7 Å². The molecule has 1 aliphatic heterocycles. The molecular weight excluding hydrogens is 465 g/mol. The van der Waals surface area contributed by atoms with E-state index >= 15 is 0 Å². The number of ether oxygens (including phenoxy) is 1. The highest BCUT2D eigenvalue weighted by Crippen LogP contribution is 2.27. The van der Waals surface area contributed by atoms with E-state index in [9.17, 15) is 22.2 Å². The number of rotatable bonds is 7. The third kappa shape index (κ3) is 7.06.